The maximum atomic E-state index is 12.0. The molecule has 2 rings (SSSR count). The van der Waals surface area contributed by atoms with Crippen LogP contribution in [-0.4, -0.2) is 16.4 Å². The first kappa shape index (κ1) is 13.8. The summed E-state index contributed by atoms with van der Waals surface area (Å²) >= 11 is 7.61. The molecule has 0 spiro atoms. The van der Waals surface area contributed by atoms with Gasteiger partial charge in [-0.25, -0.2) is 0 Å². The van der Waals surface area contributed by atoms with Crippen molar-refractivity contribution in [2.45, 2.75) is 43.1 Å². The Labute approximate surface area is 117 Å². The van der Waals surface area contributed by atoms with E-state index in [9.17, 15) is 4.79 Å². The van der Waals surface area contributed by atoms with Crippen LogP contribution in [0, 0.1) is 0 Å². The van der Waals surface area contributed by atoms with Crippen molar-refractivity contribution in [2.24, 2.45) is 0 Å². The molecule has 0 unspecified atom stereocenters. The first-order chi connectivity index (χ1) is 8.65. The number of hydrogen-bond donors (Lipinski definition) is 1. The second-order valence-electron chi connectivity index (χ2n) is 4.68. The lowest BCUT2D eigenvalue weighted by molar-refractivity contribution is -0.115. The number of carbonyl (C=O) groups is 1. The molecular weight excluding hydrogens is 266 g/mol. The highest BCUT2D eigenvalue weighted by Gasteiger charge is 2.22. The summed E-state index contributed by atoms with van der Waals surface area (Å²) in [4.78, 5) is 12.0. The molecule has 98 valence electrons. The smallest absolute Gasteiger partial charge is 0.237 e. The van der Waals surface area contributed by atoms with Crippen LogP contribution in [0.3, 0.4) is 0 Å². The molecule has 1 fully saturated rings. The van der Waals surface area contributed by atoms with Gasteiger partial charge in [0.2, 0.25) is 5.91 Å². The van der Waals surface area contributed by atoms with Gasteiger partial charge in [0.05, 0.1) is 5.25 Å². The summed E-state index contributed by atoms with van der Waals surface area (Å²) in [5.41, 5.74) is 0.809. The third-order valence-corrected chi connectivity index (χ3v) is 4.91. The zero-order chi connectivity index (χ0) is 13.0. The predicted octanol–water partition coefficient (Wildman–Crippen LogP) is 4.34. The second-order valence-corrected chi connectivity index (χ2v) is 6.76. The van der Waals surface area contributed by atoms with Crippen molar-refractivity contribution in [3.8, 4) is 0 Å². The van der Waals surface area contributed by atoms with Gasteiger partial charge < -0.3 is 5.32 Å². The fraction of sp³-hybridized carbons (Fsp3) is 0.500. The van der Waals surface area contributed by atoms with E-state index in [1.165, 1.54) is 25.7 Å². The Balaban J connectivity index is 1.84. The average molecular weight is 284 g/mol. The highest BCUT2D eigenvalue weighted by molar-refractivity contribution is 8.01. The summed E-state index contributed by atoms with van der Waals surface area (Å²) in [5.74, 6) is 0.0780. The third-order valence-electron chi connectivity index (χ3n) is 3.18. The van der Waals surface area contributed by atoms with Crippen molar-refractivity contribution in [1.29, 1.82) is 0 Å². The largest absolute Gasteiger partial charge is 0.325 e. The van der Waals surface area contributed by atoms with Gasteiger partial charge in [0.25, 0.3) is 0 Å². The summed E-state index contributed by atoms with van der Waals surface area (Å²) in [5, 5.41) is 4.27. The first-order valence-electron chi connectivity index (χ1n) is 6.37. The molecule has 1 amide bonds. The van der Waals surface area contributed by atoms with E-state index in [1.54, 1.807) is 23.9 Å². The number of rotatable bonds is 4. The first-order valence-corrected chi connectivity index (χ1v) is 7.69. The maximum Gasteiger partial charge on any atom is 0.237 e. The molecule has 4 heteroatoms. The van der Waals surface area contributed by atoms with Crippen LogP contribution in [0.2, 0.25) is 5.02 Å². The van der Waals surface area contributed by atoms with E-state index in [0.29, 0.717) is 10.3 Å². The van der Waals surface area contributed by atoms with Crippen molar-refractivity contribution in [3.05, 3.63) is 29.3 Å². The molecule has 0 aromatic heterocycles. The molecule has 1 aliphatic rings. The van der Waals surface area contributed by atoms with Crippen molar-refractivity contribution in [1.82, 2.24) is 0 Å². The van der Waals surface area contributed by atoms with Gasteiger partial charge in [-0.05, 0) is 44.0 Å². The molecule has 1 aromatic rings. The molecule has 1 aromatic carbocycles. The Bertz CT molecular complexity index is 401. The van der Waals surface area contributed by atoms with Gasteiger partial charge >= 0.3 is 0 Å². The molecule has 1 N–H and O–H groups in total. The quantitative estimate of drug-likeness (QED) is 0.890. The van der Waals surface area contributed by atoms with E-state index >= 15 is 0 Å². The molecule has 1 saturated carbocycles. The van der Waals surface area contributed by atoms with Gasteiger partial charge in [-0.15, -0.1) is 11.8 Å². The minimum absolute atomic E-state index is 0.00350. The SMILES string of the molecule is C[C@H](SC1CCCC1)C(=O)Nc1ccc(Cl)cc1. The lowest BCUT2D eigenvalue weighted by Crippen LogP contribution is -2.24. The third kappa shape index (κ3) is 3.92. The van der Waals surface area contributed by atoms with Crippen LogP contribution in [-0.2, 0) is 4.79 Å². The molecule has 0 bridgehead atoms. The number of thioether (sulfide) groups is 1. The minimum atomic E-state index is 0.00350. The molecule has 18 heavy (non-hydrogen) atoms. The number of benzene rings is 1. The molecule has 0 radical (unpaired) electrons. The summed E-state index contributed by atoms with van der Waals surface area (Å²) in [6.07, 6.45) is 5.12. The van der Waals surface area contributed by atoms with Crippen molar-refractivity contribution in [2.75, 3.05) is 5.32 Å². The second kappa shape index (κ2) is 6.48. The molecule has 0 heterocycles. The van der Waals surface area contributed by atoms with E-state index in [0.717, 1.165) is 5.69 Å². The van der Waals surface area contributed by atoms with E-state index in [2.05, 4.69) is 5.32 Å². The summed E-state index contributed by atoms with van der Waals surface area (Å²) < 4.78 is 0. The molecule has 2 nitrogen and oxygen atoms in total. The van der Waals surface area contributed by atoms with Crippen LogP contribution >= 0.6 is 23.4 Å². The van der Waals surface area contributed by atoms with Gasteiger partial charge in [0.1, 0.15) is 0 Å². The van der Waals surface area contributed by atoms with Crippen LogP contribution in [0.4, 0.5) is 5.69 Å². The summed E-state index contributed by atoms with van der Waals surface area (Å²) in [7, 11) is 0. The van der Waals surface area contributed by atoms with Gasteiger partial charge in [0.15, 0.2) is 0 Å². The summed E-state index contributed by atoms with van der Waals surface area (Å²) in [6.45, 7) is 1.98. The molecular formula is C14H18ClNOS. The molecule has 1 aliphatic carbocycles. The highest BCUT2D eigenvalue weighted by Crippen LogP contribution is 2.32. The van der Waals surface area contributed by atoms with E-state index in [1.807, 2.05) is 19.1 Å². The molecule has 0 saturated heterocycles. The van der Waals surface area contributed by atoms with Crippen LogP contribution in [0.1, 0.15) is 32.6 Å². The number of anilines is 1. The number of halogens is 1. The lowest BCUT2D eigenvalue weighted by atomic mass is 10.3. The normalized spacial score (nSPS) is 17.7. The maximum absolute atomic E-state index is 12.0. The lowest BCUT2D eigenvalue weighted by Gasteiger charge is -2.16. The summed E-state index contributed by atoms with van der Waals surface area (Å²) in [6, 6.07) is 7.22. The zero-order valence-electron chi connectivity index (χ0n) is 10.5. The van der Waals surface area contributed by atoms with Crippen molar-refractivity contribution >= 4 is 35.0 Å². The van der Waals surface area contributed by atoms with Crippen LogP contribution in [0.15, 0.2) is 24.3 Å². The van der Waals surface area contributed by atoms with Crippen LogP contribution in [0.5, 0.6) is 0 Å². The highest BCUT2D eigenvalue weighted by atomic mass is 35.5. The number of nitrogens with one attached hydrogen (secondary N) is 1. The topological polar surface area (TPSA) is 29.1 Å². The standard InChI is InChI=1S/C14H18ClNOS/c1-10(18-13-4-2-3-5-13)14(17)16-12-8-6-11(15)7-9-12/h6-10,13H,2-5H2,1H3,(H,16,17)/t10-/m0/s1. The van der Waals surface area contributed by atoms with Gasteiger partial charge in [-0.1, -0.05) is 24.4 Å². The number of hydrogen-bond acceptors (Lipinski definition) is 2. The average Bonchev–Trinajstić information content (AvgIpc) is 2.85. The van der Waals surface area contributed by atoms with Gasteiger partial charge in [0, 0.05) is 16.0 Å². The Hall–Kier alpha value is -0.670. The Morgan fingerprint density at radius 2 is 1.94 bits per heavy atom. The molecule has 1 atom stereocenters. The Morgan fingerprint density at radius 1 is 1.33 bits per heavy atom. The Kier molecular flexibility index (Phi) is 4.95. The van der Waals surface area contributed by atoms with Crippen molar-refractivity contribution < 1.29 is 4.79 Å². The predicted molar refractivity (Wildman–Crippen MR) is 79.4 cm³/mol. The molecule has 0 aliphatic heterocycles. The van der Waals surface area contributed by atoms with E-state index < -0.39 is 0 Å². The monoisotopic (exact) mass is 283 g/mol. The fourth-order valence-electron chi connectivity index (χ4n) is 2.15. The number of carbonyl (C=O) groups excluding carboxylic acids is 1. The minimum Gasteiger partial charge on any atom is -0.325 e. The number of amides is 1. The Morgan fingerprint density at radius 3 is 2.56 bits per heavy atom. The van der Waals surface area contributed by atoms with Gasteiger partial charge in [-0.3, -0.25) is 4.79 Å². The van der Waals surface area contributed by atoms with E-state index in [4.69, 9.17) is 11.6 Å². The zero-order valence-corrected chi connectivity index (χ0v) is 12.1. The van der Waals surface area contributed by atoms with E-state index in [-0.39, 0.29) is 11.2 Å². The van der Waals surface area contributed by atoms with Gasteiger partial charge in [-0.2, -0.15) is 0 Å². The van der Waals surface area contributed by atoms with Crippen LogP contribution < -0.4 is 5.32 Å². The van der Waals surface area contributed by atoms with Crippen molar-refractivity contribution in [3.63, 3.8) is 0 Å². The van der Waals surface area contributed by atoms with Crippen LogP contribution in [0.25, 0.3) is 0 Å². The fourth-order valence-corrected chi connectivity index (χ4v) is 3.64.